The Bertz CT molecular complexity index is 1020. The Balaban J connectivity index is 2.15. The maximum Gasteiger partial charge on any atom is 0.328 e. The van der Waals surface area contributed by atoms with Crippen molar-refractivity contribution in [3.63, 3.8) is 0 Å². The standard InChI is InChI=1S/C22H29N5O5/c1-13(2)32-22(31)17(9-8-15(28)12-25-23)26-21(30)19(29)10-14-11-24-16-6-5-7-18(20(14)16)27(3)4/h5-7,11-13,17,19,24,29H,8-10H2,1-4H3,(H,26,30)/t17-,19-/m0/s1. The number of carbonyl (C=O) groups excluding carboxylic acids is 3. The fraction of sp³-hybridized carbons (Fsp3) is 0.455. The van der Waals surface area contributed by atoms with Crippen LogP contribution < -0.4 is 10.2 Å². The number of fused-ring (bicyclic) bond motifs is 1. The van der Waals surface area contributed by atoms with E-state index in [1.54, 1.807) is 20.0 Å². The van der Waals surface area contributed by atoms with Gasteiger partial charge in [-0.15, -0.1) is 0 Å². The Morgan fingerprint density at radius 3 is 2.66 bits per heavy atom. The first-order valence-corrected chi connectivity index (χ1v) is 10.3. The number of aliphatic hydroxyl groups is 1. The van der Waals surface area contributed by atoms with E-state index in [1.165, 1.54) is 0 Å². The van der Waals surface area contributed by atoms with Crippen molar-refractivity contribution >= 4 is 40.5 Å². The average molecular weight is 444 g/mol. The molecule has 3 N–H and O–H groups in total. The maximum absolute atomic E-state index is 12.7. The van der Waals surface area contributed by atoms with Crippen LogP contribution in [0.2, 0.25) is 0 Å². The van der Waals surface area contributed by atoms with Gasteiger partial charge >= 0.3 is 12.2 Å². The summed E-state index contributed by atoms with van der Waals surface area (Å²) in [6, 6.07) is 4.63. The van der Waals surface area contributed by atoms with E-state index in [-0.39, 0.29) is 19.3 Å². The Hall–Kier alpha value is -3.49. The normalized spacial score (nSPS) is 12.7. The number of carbonyl (C=O) groups is 3. The number of aliphatic hydroxyl groups excluding tert-OH is 1. The number of benzene rings is 1. The van der Waals surface area contributed by atoms with E-state index < -0.39 is 35.9 Å². The largest absolute Gasteiger partial charge is 0.461 e. The molecule has 0 bridgehead atoms. The quantitative estimate of drug-likeness (QED) is 0.206. The second-order valence-electron chi connectivity index (χ2n) is 7.92. The third-order valence-electron chi connectivity index (χ3n) is 4.80. The summed E-state index contributed by atoms with van der Waals surface area (Å²) < 4.78 is 5.15. The van der Waals surface area contributed by atoms with Crippen LogP contribution in [0.3, 0.4) is 0 Å². The van der Waals surface area contributed by atoms with Crippen molar-refractivity contribution in [3.8, 4) is 0 Å². The zero-order chi connectivity index (χ0) is 23.8. The van der Waals surface area contributed by atoms with Crippen LogP contribution in [0.25, 0.3) is 16.4 Å². The number of hydrogen-bond acceptors (Lipinski definition) is 6. The molecule has 1 heterocycles. The van der Waals surface area contributed by atoms with Gasteiger partial charge in [0, 0.05) is 49.7 Å². The highest BCUT2D eigenvalue weighted by Gasteiger charge is 2.28. The van der Waals surface area contributed by atoms with Gasteiger partial charge in [-0.2, -0.15) is 4.79 Å². The lowest BCUT2D eigenvalue weighted by Crippen LogP contribution is -2.47. The van der Waals surface area contributed by atoms with Crippen molar-refractivity contribution in [2.75, 3.05) is 19.0 Å². The molecule has 0 saturated heterocycles. The smallest absolute Gasteiger partial charge is 0.328 e. The molecule has 2 aromatic rings. The second kappa shape index (κ2) is 11.2. The molecule has 0 aliphatic rings. The van der Waals surface area contributed by atoms with E-state index in [1.807, 2.05) is 37.2 Å². The summed E-state index contributed by atoms with van der Waals surface area (Å²) in [6.45, 7) is 3.32. The van der Waals surface area contributed by atoms with Crippen molar-refractivity contribution in [2.24, 2.45) is 0 Å². The zero-order valence-corrected chi connectivity index (χ0v) is 18.7. The summed E-state index contributed by atoms with van der Waals surface area (Å²) in [7, 11) is 3.81. The predicted molar refractivity (Wildman–Crippen MR) is 119 cm³/mol. The highest BCUT2D eigenvalue weighted by molar-refractivity contribution is 6.25. The van der Waals surface area contributed by atoms with Gasteiger partial charge in [-0.05, 0) is 38.0 Å². The number of anilines is 1. The Morgan fingerprint density at radius 2 is 2.03 bits per heavy atom. The first-order chi connectivity index (χ1) is 15.1. The molecule has 172 valence electrons. The molecule has 2 atom stereocenters. The number of amides is 1. The minimum absolute atomic E-state index is 0.0265. The molecule has 0 radical (unpaired) electrons. The number of nitrogens with one attached hydrogen (secondary N) is 2. The summed E-state index contributed by atoms with van der Waals surface area (Å²) >= 11 is 0. The number of Topliss-reactive ketones (excluding diaryl/α,β-unsaturated/α-hetero) is 1. The molecule has 10 nitrogen and oxygen atoms in total. The van der Waals surface area contributed by atoms with E-state index in [9.17, 15) is 19.5 Å². The first-order valence-electron chi connectivity index (χ1n) is 10.3. The van der Waals surface area contributed by atoms with Crippen LogP contribution in [-0.2, 0) is 25.5 Å². The third kappa shape index (κ3) is 6.50. The van der Waals surface area contributed by atoms with E-state index in [2.05, 4.69) is 15.1 Å². The molecule has 1 amide bonds. The lowest BCUT2D eigenvalue weighted by atomic mass is 10.0. The van der Waals surface area contributed by atoms with Crippen molar-refractivity contribution in [1.29, 1.82) is 0 Å². The average Bonchev–Trinajstić information content (AvgIpc) is 3.13. The van der Waals surface area contributed by atoms with E-state index in [4.69, 9.17) is 10.3 Å². The number of ether oxygens (including phenoxy) is 1. The van der Waals surface area contributed by atoms with Gasteiger partial charge in [-0.3, -0.25) is 9.59 Å². The first kappa shape index (κ1) is 24.8. The molecular formula is C22H29N5O5. The summed E-state index contributed by atoms with van der Waals surface area (Å²) in [4.78, 5) is 44.4. The zero-order valence-electron chi connectivity index (χ0n) is 18.7. The number of ketones is 1. The number of hydrogen-bond donors (Lipinski definition) is 3. The molecule has 10 heteroatoms. The van der Waals surface area contributed by atoms with Crippen LogP contribution in [0.15, 0.2) is 24.4 Å². The Labute approximate surface area is 186 Å². The van der Waals surface area contributed by atoms with E-state index in [0.717, 1.165) is 28.4 Å². The number of rotatable bonds is 11. The molecule has 1 aromatic heterocycles. The Morgan fingerprint density at radius 1 is 1.31 bits per heavy atom. The molecule has 0 aliphatic heterocycles. The molecule has 2 rings (SSSR count). The molecule has 0 unspecified atom stereocenters. The maximum atomic E-state index is 12.7. The van der Waals surface area contributed by atoms with Gasteiger partial charge in [0.05, 0.1) is 6.10 Å². The number of nitrogens with zero attached hydrogens (tertiary/aromatic N) is 3. The molecule has 32 heavy (non-hydrogen) atoms. The topological polar surface area (TPSA) is 148 Å². The van der Waals surface area contributed by atoms with Crippen LogP contribution >= 0.6 is 0 Å². The monoisotopic (exact) mass is 443 g/mol. The van der Waals surface area contributed by atoms with Crippen LogP contribution in [0.1, 0.15) is 32.3 Å². The van der Waals surface area contributed by atoms with Gasteiger partial charge in [0.25, 0.3) is 0 Å². The van der Waals surface area contributed by atoms with Gasteiger partial charge in [0.15, 0.2) is 0 Å². The van der Waals surface area contributed by atoms with Gasteiger partial charge in [-0.25, -0.2) is 4.79 Å². The fourth-order valence-electron chi connectivity index (χ4n) is 3.32. The fourth-order valence-corrected chi connectivity index (χ4v) is 3.32. The molecule has 0 fully saturated rings. The molecule has 0 saturated carbocycles. The van der Waals surface area contributed by atoms with Crippen molar-refractivity contribution in [1.82, 2.24) is 10.3 Å². The SMILES string of the molecule is CC(C)OC(=O)[C@H](CCC(=O)C=[N+]=[N-])NC(=O)[C@@H](O)Cc1c[nH]c2cccc(N(C)C)c12. The molecule has 0 spiro atoms. The highest BCUT2D eigenvalue weighted by Crippen LogP contribution is 2.29. The second-order valence-corrected chi connectivity index (χ2v) is 7.92. The third-order valence-corrected chi connectivity index (χ3v) is 4.80. The summed E-state index contributed by atoms with van der Waals surface area (Å²) in [5, 5.41) is 13.9. The molecule has 1 aromatic carbocycles. The summed E-state index contributed by atoms with van der Waals surface area (Å²) in [5.74, 6) is -1.98. The van der Waals surface area contributed by atoms with Crippen LogP contribution in [0.4, 0.5) is 5.69 Å². The van der Waals surface area contributed by atoms with Crippen molar-refractivity contribution in [2.45, 2.75) is 51.4 Å². The van der Waals surface area contributed by atoms with Gasteiger partial charge < -0.3 is 30.6 Å². The van der Waals surface area contributed by atoms with Crippen LogP contribution in [0.5, 0.6) is 0 Å². The van der Waals surface area contributed by atoms with E-state index in [0.29, 0.717) is 0 Å². The van der Waals surface area contributed by atoms with Gasteiger partial charge in [0.1, 0.15) is 12.1 Å². The predicted octanol–water partition coefficient (Wildman–Crippen LogP) is 1.22. The minimum Gasteiger partial charge on any atom is -0.461 e. The van der Waals surface area contributed by atoms with Crippen molar-refractivity contribution < 1.29 is 29.0 Å². The van der Waals surface area contributed by atoms with Gasteiger partial charge in [-0.1, -0.05) is 6.07 Å². The number of aromatic nitrogens is 1. The summed E-state index contributed by atoms with van der Waals surface area (Å²) in [5.41, 5.74) is 11.0. The number of H-pyrrole nitrogens is 1. The molecular weight excluding hydrogens is 414 g/mol. The summed E-state index contributed by atoms with van der Waals surface area (Å²) in [6.07, 6.45) is 0.440. The van der Waals surface area contributed by atoms with Crippen molar-refractivity contribution in [3.05, 3.63) is 35.5 Å². The van der Waals surface area contributed by atoms with Crippen LogP contribution in [0, 0.1) is 0 Å². The number of esters is 1. The highest BCUT2D eigenvalue weighted by atomic mass is 16.5. The Kier molecular flexibility index (Phi) is 8.69. The lowest BCUT2D eigenvalue weighted by molar-refractivity contribution is -0.152. The molecule has 0 aliphatic carbocycles. The van der Waals surface area contributed by atoms with Crippen LogP contribution in [-0.4, -0.2) is 71.1 Å². The van der Waals surface area contributed by atoms with Gasteiger partial charge in [0.2, 0.25) is 11.7 Å². The minimum atomic E-state index is -1.42. The lowest BCUT2D eigenvalue weighted by Gasteiger charge is -2.20. The van der Waals surface area contributed by atoms with E-state index >= 15 is 0 Å². The number of aromatic amines is 1.